The van der Waals surface area contributed by atoms with Crippen LogP contribution in [0, 0.1) is 0 Å². The molecule has 0 heterocycles. The number of ether oxygens (including phenoxy) is 2. The average molecular weight is 218 g/mol. The maximum atomic E-state index is 5.43. The van der Waals surface area contributed by atoms with E-state index in [0.717, 1.165) is 45.8 Å². The van der Waals surface area contributed by atoms with Crippen LogP contribution in [0.25, 0.3) is 0 Å². The first kappa shape index (κ1) is 14.8. The Morgan fingerprint density at radius 3 is 2.20 bits per heavy atom. The highest BCUT2D eigenvalue weighted by molar-refractivity contribution is 4.52. The first-order chi connectivity index (χ1) is 7.27. The fraction of sp³-hybridized carbons (Fsp3) is 1.00. The van der Waals surface area contributed by atoms with Crippen LogP contribution in [0.5, 0.6) is 0 Å². The van der Waals surface area contributed by atoms with Crippen molar-refractivity contribution in [1.29, 1.82) is 0 Å². The number of rotatable bonds is 11. The van der Waals surface area contributed by atoms with Gasteiger partial charge in [0, 0.05) is 33.4 Å². The fourth-order valence-corrected chi connectivity index (χ4v) is 1.12. The second-order valence-corrected chi connectivity index (χ2v) is 3.77. The van der Waals surface area contributed by atoms with Gasteiger partial charge in [0.05, 0.1) is 12.7 Å². The van der Waals surface area contributed by atoms with Gasteiger partial charge in [0.1, 0.15) is 0 Å². The summed E-state index contributed by atoms with van der Waals surface area (Å²) in [6.07, 6.45) is 1.43. The lowest BCUT2D eigenvalue weighted by Gasteiger charge is -2.08. The smallest absolute Gasteiger partial charge is 0.0587 e. The molecule has 0 unspecified atom stereocenters. The van der Waals surface area contributed by atoms with Crippen LogP contribution < -0.4 is 10.6 Å². The largest absolute Gasteiger partial charge is 0.383 e. The van der Waals surface area contributed by atoms with Gasteiger partial charge in [0.25, 0.3) is 0 Å². The molecule has 0 atom stereocenters. The Bertz CT molecular complexity index is 121. The summed E-state index contributed by atoms with van der Waals surface area (Å²) in [4.78, 5) is 0. The van der Waals surface area contributed by atoms with Crippen molar-refractivity contribution in [3.63, 3.8) is 0 Å². The molecule has 0 radical (unpaired) electrons. The van der Waals surface area contributed by atoms with Gasteiger partial charge in [-0.05, 0) is 26.8 Å². The van der Waals surface area contributed by atoms with Crippen LogP contribution in [0.4, 0.5) is 0 Å². The van der Waals surface area contributed by atoms with E-state index in [2.05, 4.69) is 24.5 Å². The Kier molecular flexibility index (Phi) is 11.8. The maximum Gasteiger partial charge on any atom is 0.0587 e. The molecule has 0 fully saturated rings. The van der Waals surface area contributed by atoms with Gasteiger partial charge in [-0.2, -0.15) is 0 Å². The number of nitrogens with one attached hydrogen (secondary N) is 2. The molecule has 4 nitrogen and oxygen atoms in total. The van der Waals surface area contributed by atoms with E-state index in [1.54, 1.807) is 7.11 Å². The zero-order valence-electron chi connectivity index (χ0n) is 10.3. The summed E-state index contributed by atoms with van der Waals surface area (Å²) in [6.45, 7) is 9.71. The summed E-state index contributed by atoms with van der Waals surface area (Å²) >= 11 is 0. The van der Waals surface area contributed by atoms with Crippen molar-refractivity contribution >= 4 is 0 Å². The van der Waals surface area contributed by atoms with Crippen LogP contribution in [-0.4, -0.2) is 52.6 Å². The van der Waals surface area contributed by atoms with Gasteiger partial charge in [0.2, 0.25) is 0 Å². The minimum atomic E-state index is 0.348. The molecule has 0 aromatic rings. The fourth-order valence-electron chi connectivity index (χ4n) is 1.12. The minimum absolute atomic E-state index is 0.348. The Morgan fingerprint density at radius 2 is 1.60 bits per heavy atom. The van der Waals surface area contributed by atoms with E-state index < -0.39 is 0 Å². The van der Waals surface area contributed by atoms with Gasteiger partial charge in [-0.1, -0.05) is 0 Å². The molecule has 92 valence electrons. The van der Waals surface area contributed by atoms with Crippen LogP contribution in [0.2, 0.25) is 0 Å². The monoisotopic (exact) mass is 218 g/mol. The van der Waals surface area contributed by atoms with Crippen molar-refractivity contribution in [3.05, 3.63) is 0 Å². The SMILES string of the molecule is COCCNCCNCCCOC(C)C. The molecule has 0 aromatic carbocycles. The molecule has 4 heteroatoms. The van der Waals surface area contributed by atoms with Crippen molar-refractivity contribution in [2.45, 2.75) is 26.4 Å². The molecule has 0 aliphatic carbocycles. The molecule has 0 spiro atoms. The van der Waals surface area contributed by atoms with E-state index in [1.807, 2.05) is 0 Å². The predicted octanol–water partition coefficient (Wildman–Crippen LogP) is 0.627. The molecule has 0 saturated carbocycles. The first-order valence-electron chi connectivity index (χ1n) is 5.79. The predicted molar refractivity (Wildman–Crippen MR) is 63.3 cm³/mol. The number of hydrogen-bond donors (Lipinski definition) is 2. The lowest BCUT2D eigenvalue weighted by atomic mass is 10.4. The third-order valence-electron chi connectivity index (χ3n) is 1.91. The summed E-state index contributed by atoms with van der Waals surface area (Å²) in [5.74, 6) is 0. The number of hydrogen-bond acceptors (Lipinski definition) is 4. The first-order valence-corrected chi connectivity index (χ1v) is 5.79. The Morgan fingerprint density at radius 1 is 0.933 bits per heavy atom. The van der Waals surface area contributed by atoms with Crippen LogP contribution in [0.3, 0.4) is 0 Å². The van der Waals surface area contributed by atoms with Gasteiger partial charge >= 0.3 is 0 Å². The van der Waals surface area contributed by atoms with E-state index in [4.69, 9.17) is 9.47 Å². The lowest BCUT2D eigenvalue weighted by Crippen LogP contribution is -2.30. The molecule has 0 aliphatic heterocycles. The molecule has 0 aliphatic rings. The molecule has 0 aromatic heterocycles. The van der Waals surface area contributed by atoms with Crippen LogP contribution >= 0.6 is 0 Å². The van der Waals surface area contributed by atoms with Crippen molar-refractivity contribution in [3.8, 4) is 0 Å². The number of methoxy groups -OCH3 is 1. The van der Waals surface area contributed by atoms with Crippen molar-refractivity contribution in [2.24, 2.45) is 0 Å². The second-order valence-electron chi connectivity index (χ2n) is 3.77. The Hall–Kier alpha value is -0.160. The minimum Gasteiger partial charge on any atom is -0.383 e. The Balaban J connectivity index is 2.87. The summed E-state index contributed by atoms with van der Waals surface area (Å²) in [5, 5.41) is 6.63. The van der Waals surface area contributed by atoms with E-state index >= 15 is 0 Å². The molecule has 0 bridgehead atoms. The van der Waals surface area contributed by atoms with Gasteiger partial charge in [-0.25, -0.2) is 0 Å². The van der Waals surface area contributed by atoms with Gasteiger partial charge in [0.15, 0.2) is 0 Å². The van der Waals surface area contributed by atoms with Crippen LogP contribution in [0.15, 0.2) is 0 Å². The van der Waals surface area contributed by atoms with Crippen molar-refractivity contribution in [2.75, 3.05) is 46.5 Å². The highest BCUT2D eigenvalue weighted by atomic mass is 16.5. The lowest BCUT2D eigenvalue weighted by molar-refractivity contribution is 0.0771. The molecular formula is C11H26N2O2. The van der Waals surface area contributed by atoms with Gasteiger partial charge in [-0.3, -0.25) is 0 Å². The topological polar surface area (TPSA) is 42.5 Å². The normalized spacial score (nSPS) is 11.2. The summed E-state index contributed by atoms with van der Waals surface area (Å²) in [5.41, 5.74) is 0. The molecular weight excluding hydrogens is 192 g/mol. The molecule has 0 rings (SSSR count). The molecule has 0 saturated heterocycles. The van der Waals surface area contributed by atoms with Gasteiger partial charge in [-0.15, -0.1) is 0 Å². The average Bonchev–Trinajstić information content (AvgIpc) is 2.20. The zero-order valence-corrected chi connectivity index (χ0v) is 10.3. The van der Waals surface area contributed by atoms with E-state index in [9.17, 15) is 0 Å². The second kappa shape index (κ2) is 11.9. The van der Waals surface area contributed by atoms with Crippen molar-refractivity contribution in [1.82, 2.24) is 10.6 Å². The summed E-state index contributed by atoms with van der Waals surface area (Å²) in [7, 11) is 1.72. The quantitative estimate of drug-likeness (QED) is 0.499. The summed E-state index contributed by atoms with van der Waals surface area (Å²) in [6, 6.07) is 0. The van der Waals surface area contributed by atoms with E-state index in [0.29, 0.717) is 6.10 Å². The third-order valence-corrected chi connectivity index (χ3v) is 1.91. The van der Waals surface area contributed by atoms with Crippen LogP contribution in [0.1, 0.15) is 20.3 Å². The standard InChI is InChI=1S/C11H26N2O2/c1-11(2)15-9-4-5-12-6-7-13-8-10-14-3/h11-13H,4-10H2,1-3H3. The van der Waals surface area contributed by atoms with E-state index in [-0.39, 0.29) is 0 Å². The third kappa shape index (κ3) is 13.8. The molecule has 0 amide bonds. The highest BCUT2D eigenvalue weighted by Crippen LogP contribution is 1.88. The molecule has 2 N–H and O–H groups in total. The highest BCUT2D eigenvalue weighted by Gasteiger charge is 1.92. The maximum absolute atomic E-state index is 5.43. The van der Waals surface area contributed by atoms with Crippen LogP contribution in [-0.2, 0) is 9.47 Å². The van der Waals surface area contributed by atoms with Crippen molar-refractivity contribution < 1.29 is 9.47 Å². The van der Waals surface area contributed by atoms with E-state index in [1.165, 1.54) is 0 Å². The van der Waals surface area contributed by atoms with Gasteiger partial charge < -0.3 is 20.1 Å². The molecule has 15 heavy (non-hydrogen) atoms. The zero-order chi connectivity index (χ0) is 11.4. The summed E-state index contributed by atoms with van der Waals surface area (Å²) < 4.78 is 10.4. The Labute approximate surface area is 93.7 Å².